The third-order valence-corrected chi connectivity index (χ3v) is 2.97. The molecule has 0 aromatic heterocycles. The highest BCUT2D eigenvalue weighted by Crippen LogP contribution is 2.68. The molecule has 2 N–H and O–H groups in total. The summed E-state index contributed by atoms with van der Waals surface area (Å²) in [4.78, 5) is 10.6. The predicted molar refractivity (Wildman–Crippen MR) is 36.0 cm³/mol. The molecule has 1 saturated heterocycles. The second kappa shape index (κ2) is 1.96. The zero-order chi connectivity index (χ0) is 8.98. The zero-order valence-corrected chi connectivity index (χ0v) is 6.31. The summed E-state index contributed by atoms with van der Waals surface area (Å²) in [7, 11) is 0. The van der Waals surface area contributed by atoms with E-state index in [1.807, 2.05) is 0 Å². The Morgan fingerprint density at radius 3 is 2.67 bits per heavy atom. The van der Waals surface area contributed by atoms with Crippen molar-refractivity contribution in [1.29, 1.82) is 0 Å². The molecule has 2 fully saturated rings. The van der Waals surface area contributed by atoms with Crippen molar-refractivity contribution in [3.05, 3.63) is 0 Å². The Bertz CT molecular complexity index is 244. The van der Waals surface area contributed by atoms with E-state index in [-0.39, 0.29) is 13.0 Å². The maximum Gasteiger partial charge on any atom is 0.316 e. The smallest absolute Gasteiger partial charge is 0.316 e. The van der Waals surface area contributed by atoms with Crippen molar-refractivity contribution in [3.63, 3.8) is 0 Å². The van der Waals surface area contributed by atoms with E-state index in [4.69, 9.17) is 5.11 Å². The Balaban J connectivity index is 2.30. The number of carbonyl (C=O) groups is 1. The number of hydrogen-bond donors (Lipinski definition) is 2. The Morgan fingerprint density at radius 1 is 1.58 bits per heavy atom. The first-order valence-corrected chi connectivity index (χ1v) is 3.85. The number of halogens is 2. The average Bonchev–Trinajstić information content (AvgIpc) is 2.52. The fourth-order valence-electron chi connectivity index (χ4n) is 2.11. The molecule has 1 heterocycles. The highest BCUT2D eigenvalue weighted by molar-refractivity contribution is 5.81. The topological polar surface area (TPSA) is 49.3 Å². The van der Waals surface area contributed by atoms with Crippen molar-refractivity contribution in [1.82, 2.24) is 5.32 Å². The third kappa shape index (κ3) is 0.612. The SMILES string of the molecule is O=C(O)[C@@]12CCNC[C@H]1C2(F)F. The van der Waals surface area contributed by atoms with E-state index in [2.05, 4.69) is 5.32 Å². The van der Waals surface area contributed by atoms with Crippen LogP contribution in [0.5, 0.6) is 0 Å². The number of nitrogens with one attached hydrogen (secondary N) is 1. The van der Waals surface area contributed by atoms with Crippen LogP contribution in [0, 0.1) is 11.3 Å². The van der Waals surface area contributed by atoms with Gasteiger partial charge < -0.3 is 10.4 Å². The molecule has 2 atom stereocenters. The van der Waals surface area contributed by atoms with Crippen LogP contribution in [0.4, 0.5) is 8.78 Å². The molecule has 0 spiro atoms. The summed E-state index contributed by atoms with van der Waals surface area (Å²) in [6.07, 6.45) is 0.0417. The van der Waals surface area contributed by atoms with Crippen molar-refractivity contribution in [2.24, 2.45) is 11.3 Å². The van der Waals surface area contributed by atoms with E-state index in [9.17, 15) is 13.6 Å². The lowest BCUT2D eigenvalue weighted by atomic mass is 9.96. The second-order valence-corrected chi connectivity index (χ2v) is 3.41. The first-order valence-electron chi connectivity index (χ1n) is 3.85. The van der Waals surface area contributed by atoms with Crippen LogP contribution in [0.2, 0.25) is 0 Å². The standard InChI is InChI=1S/C7H9F2NO2/c8-7(9)4-3-10-2-1-6(4,7)5(11)12/h4,10H,1-3H2,(H,11,12)/t4-,6-/m1/s1. The molecule has 3 nitrogen and oxygen atoms in total. The monoisotopic (exact) mass is 177 g/mol. The maximum absolute atomic E-state index is 13.0. The van der Waals surface area contributed by atoms with Gasteiger partial charge in [0.05, 0.1) is 5.92 Å². The first kappa shape index (κ1) is 7.91. The quantitative estimate of drug-likeness (QED) is 0.606. The molecule has 2 aliphatic rings. The Hall–Kier alpha value is -0.710. The van der Waals surface area contributed by atoms with Crippen LogP contribution in [0.25, 0.3) is 0 Å². The van der Waals surface area contributed by atoms with E-state index < -0.39 is 23.2 Å². The molecule has 1 aliphatic carbocycles. The van der Waals surface area contributed by atoms with E-state index in [0.29, 0.717) is 6.54 Å². The number of alkyl halides is 2. The Kier molecular flexibility index (Phi) is 1.29. The lowest BCUT2D eigenvalue weighted by Crippen LogP contribution is -2.34. The normalized spacial score (nSPS) is 43.3. The molecule has 1 aliphatic heterocycles. The van der Waals surface area contributed by atoms with Crippen LogP contribution in [0.15, 0.2) is 0 Å². The van der Waals surface area contributed by atoms with Gasteiger partial charge in [-0.25, -0.2) is 8.78 Å². The summed E-state index contributed by atoms with van der Waals surface area (Å²) < 4.78 is 26.0. The highest BCUT2D eigenvalue weighted by Gasteiger charge is 2.84. The van der Waals surface area contributed by atoms with Crippen LogP contribution in [0.3, 0.4) is 0 Å². The Labute approximate surface area is 67.8 Å². The lowest BCUT2D eigenvalue weighted by molar-refractivity contribution is -0.148. The minimum atomic E-state index is -3.00. The summed E-state index contributed by atoms with van der Waals surface area (Å²) in [5.74, 6) is -5.34. The van der Waals surface area contributed by atoms with Crippen molar-refractivity contribution < 1.29 is 18.7 Å². The number of rotatable bonds is 1. The number of carboxylic acids is 1. The summed E-state index contributed by atoms with van der Waals surface area (Å²) in [5, 5.41) is 11.4. The minimum Gasteiger partial charge on any atom is -0.481 e. The fraction of sp³-hybridized carbons (Fsp3) is 0.857. The highest BCUT2D eigenvalue weighted by atomic mass is 19.3. The molecule has 5 heteroatoms. The van der Waals surface area contributed by atoms with Gasteiger partial charge in [0.2, 0.25) is 0 Å². The van der Waals surface area contributed by atoms with Gasteiger partial charge in [0.15, 0.2) is 0 Å². The summed E-state index contributed by atoms with van der Waals surface area (Å²) in [5.41, 5.74) is -1.74. The summed E-state index contributed by atoms with van der Waals surface area (Å²) >= 11 is 0. The fourth-order valence-corrected chi connectivity index (χ4v) is 2.11. The van der Waals surface area contributed by atoms with Gasteiger partial charge in [0.25, 0.3) is 5.92 Å². The summed E-state index contributed by atoms with van der Waals surface area (Å²) in [6, 6.07) is 0. The Morgan fingerprint density at radius 2 is 2.25 bits per heavy atom. The molecular weight excluding hydrogens is 168 g/mol. The van der Waals surface area contributed by atoms with E-state index in [0.717, 1.165) is 0 Å². The molecule has 68 valence electrons. The molecule has 0 bridgehead atoms. The van der Waals surface area contributed by atoms with E-state index >= 15 is 0 Å². The molecule has 12 heavy (non-hydrogen) atoms. The van der Waals surface area contributed by atoms with Crippen LogP contribution >= 0.6 is 0 Å². The van der Waals surface area contributed by atoms with Crippen molar-refractivity contribution in [2.45, 2.75) is 12.3 Å². The molecule has 0 amide bonds. The summed E-state index contributed by atoms with van der Waals surface area (Å²) in [6.45, 7) is 0.498. The maximum atomic E-state index is 13.0. The van der Waals surface area contributed by atoms with Gasteiger partial charge in [0.1, 0.15) is 5.41 Å². The number of aliphatic carboxylic acids is 1. The average molecular weight is 177 g/mol. The first-order chi connectivity index (χ1) is 5.53. The minimum absolute atomic E-state index is 0.0417. The molecule has 0 unspecified atom stereocenters. The van der Waals surface area contributed by atoms with Gasteiger partial charge >= 0.3 is 5.97 Å². The van der Waals surface area contributed by atoms with Gasteiger partial charge in [-0.2, -0.15) is 0 Å². The largest absolute Gasteiger partial charge is 0.481 e. The number of hydrogen-bond acceptors (Lipinski definition) is 2. The zero-order valence-electron chi connectivity index (χ0n) is 6.31. The molecule has 1 saturated carbocycles. The second-order valence-electron chi connectivity index (χ2n) is 3.41. The van der Waals surface area contributed by atoms with Crippen LogP contribution < -0.4 is 5.32 Å². The van der Waals surface area contributed by atoms with Gasteiger partial charge in [-0.05, 0) is 13.0 Å². The van der Waals surface area contributed by atoms with Crippen molar-refractivity contribution in [2.75, 3.05) is 13.1 Å². The molecule has 0 aromatic rings. The van der Waals surface area contributed by atoms with Crippen molar-refractivity contribution >= 4 is 5.97 Å². The predicted octanol–water partition coefficient (Wildman–Crippen LogP) is 0.316. The van der Waals surface area contributed by atoms with Gasteiger partial charge in [0, 0.05) is 6.54 Å². The molecule has 2 rings (SSSR count). The van der Waals surface area contributed by atoms with Gasteiger partial charge in [-0.15, -0.1) is 0 Å². The molecule has 0 radical (unpaired) electrons. The van der Waals surface area contributed by atoms with Crippen LogP contribution in [-0.2, 0) is 4.79 Å². The number of piperidine rings is 1. The number of carboxylic acid groups (broad SMARTS) is 1. The third-order valence-electron chi connectivity index (χ3n) is 2.97. The number of fused-ring (bicyclic) bond motifs is 1. The molecular formula is C7H9F2NO2. The van der Waals surface area contributed by atoms with E-state index in [1.165, 1.54) is 0 Å². The van der Waals surface area contributed by atoms with Crippen molar-refractivity contribution in [3.8, 4) is 0 Å². The van der Waals surface area contributed by atoms with E-state index in [1.54, 1.807) is 0 Å². The van der Waals surface area contributed by atoms with Gasteiger partial charge in [-0.3, -0.25) is 4.79 Å². The molecule has 0 aromatic carbocycles. The lowest BCUT2D eigenvalue weighted by Gasteiger charge is -2.15. The van der Waals surface area contributed by atoms with Crippen LogP contribution in [0.1, 0.15) is 6.42 Å². The van der Waals surface area contributed by atoms with Crippen LogP contribution in [-0.4, -0.2) is 30.1 Å². The van der Waals surface area contributed by atoms with Gasteiger partial charge in [-0.1, -0.05) is 0 Å².